The Labute approximate surface area is 101 Å². The van der Waals surface area contributed by atoms with Gasteiger partial charge in [0.25, 0.3) is 0 Å². The maximum Gasteiger partial charge on any atom is 0.123 e. The molecule has 3 heteroatoms. The monoisotopic (exact) mass is 238 g/mol. The van der Waals surface area contributed by atoms with Crippen LogP contribution < -0.4 is 0 Å². The standard InChI is InChI=1S/C14H19FO2/c1-10-8-12(15)6-5-11(10)9-13(16)14-4-2-3-7-17-14/h5-6,8,13-14,16H,2-4,7,9H2,1H3. The van der Waals surface area contributed by atoms with Gasteiger partial charge in [-0.3, -0.25) is 0 Å². The number of aliphatic hydroxyl groups is 1. The molecule has 0 aromatic heterocycles. The van der Waals surface area contributed by atoms with Crippen LogP contribution in [0.25, 0.3) is 0 Å². The molecule has 94 valence electrons. The Kier molecular flexibility index (Phi) is 4.13. The van der Waals surface area contributed by atoms with Crippen molar-refractivity contribution in [3.8, 4) is 0 Å². The number of benzene rings is 1. The van der Waals surface area contributed by atoms with Crippen LogP contribution in [-0.4, -0.2) is 23.9 Å². The fraction of sp³-hybridized carbons (Fsp3) is 0.571. The highest BCUT2D eigenvalue weighted by molar-refractivity contribution is 5.27. The number of halogens is 1. The van der Waals surface area contributed by atoms with Crippen LogP contribution in [-0.2, 0) is 11.2 Å². The lowest BCUT2D eigenvalue weighted by molar-refractivity contribution is -0.0611. The zero-order valence-electron chi connectivity index (χ0n) is 10.2. The van der Waals surface area contributed by atoms with E-state index in [2.05, 4.69) is 0 Å². The van der Waals surface area contributed by atoms with E-state index in [-0.39, 0.29) is 11.9 Å². The quantitative estimate of drug-likeness (QED) is 0.877. The lowest BCUT2D eigenvalue weighted by Gasteiger charge is -2.27. The highest BCUT2D eigenvalue weighted by Gasteiger charge is 2.23. The fourth-order valence-corrected chi connectivity index (χ4v) is 2.31. The van der Waals surface area contributed by atoms with Gasteiger partial charge in [0.2, 0.25) is 0 Å². The summed E-state index contributed by atoms with van der Waals surface area (Å²) < 4.78 is 18.5. The van der Waals surface area contributed by atoms with Gasteiger partial charge in [0.1, 0.15) is 5.82 Å². The van der Waals surface area contributed by atoms with Crippen molar-refractivity contribution in [2.75, 3.05) is 6.61 Å². The summed E-state index contributed by atoms with van der Waals surface area (Å²) in [6.07, 6.45) is 3.11. The molecule has 1 aliphatic heterocycles. The molecule has 0 amide bonds. The van der Waals surface area contributed by atoms with E-state index in [1.54, 1.807) is 6.07 Å². The smallest absolute Gasteiger partial charge is 0.123 e. The van der Waals surface area contributed by atoms with Gasteiger partial charge in [-0.1, -0.05) is 6.07 Å². The largest absolute Gasteiger partial charge is 0.390 e. The highest BCUT2D eigenvalue weighted by atomic mass is 19.1. The predicted octanol–water partition coefficient (Wildman–Crippen LogP) is 2.61. The second-order valence-corrected chi connectivity index (χ2v) is 4.75. The second-order valence-electron chi connectivity index (χ2n) is 4.75. The number of rotatable bonds is 3. The van der Waals surface area contributed by atoms with Crippen LogP contribution in [0.5, 0.6) is 0 Å². The number of hydrogen-bond donors (Lipinski definition) is 1. The third-order valence-corrected chi connectivity index (χ3v) is 3.38. The van der Waals surface area contributed by atoms with Crippen LogP contribution in [0.1, 0.15) is 30.4 Å². The SMILES string of the molecule is Cc1cc(F)ccc1CC(O)C1CCCCO1. The van der Waals surface area contributed by atoms with Gasteiger partial charge in [-0.15, -0.1) is 0 Å². The average molecular weight is 238 g/mol. The first kappa shape index (κ1) is 12.5. The molecule has 0 spiro atoms. The van der Waals surface area contributed by atoms with Crippen molar-refractivity contribution < 1.29 is 14.2 Å². The third kappa shape index (κ3) is 3.27. The zero-order valence-corrected chi connectivity index (χ0v) is 10.2. The Bertz CT molecular complexity index is 372. The highest BCUT2D eigenvalue weighted by Crippen LogP contribution is 2.20. The van der Waals surface area contributed by atoms with Crippen LogP contribution >= 0.6 is 0 Å². The minimum atomic E-state index is -0.487. The number of aliphatic hydroxyl groups excluding tert-OH is 1. The van der Waals surface area contributed by atoms with Gasteiger partial charge in [-0.05, 0) is 49.4 Å². The predicted molar refractivity (Wildman–Crippen MR) is 64.4 cm³/mol. The molecule has 0 aliphatic carbocycles. The molecule has 1 saturated heterocycles. The van der Waals surface area contributed by atoms with Crippen molar-refractivity contribution in [2.45, 2.75) is 44.8 Å². The van der Waals surface area contributed by atoms with E-state index >= 15 is 0 Å². The Morgan fingerprint density at radius 2 is 2.29 bits per heavy atom. The van der Waals surface area contributed by atoms with E-state index in [1.807, 2.05) is 6.92 Å². The second kappa shape index (κ2) is 5.61. The molecule has 2 atom stereocenters. The molecular formula is C14H19FO2. The molecule has 1 aromatic carbocycles. The van der Waals surface area contributed by atoms with Crippen molar-refractivity contribution in [3.05, 3.63) is 35.1 Å². The molecule has 1 aromatic rings. The molecule has 17 heavy (non-hydrogen) atoms. The van der Waals surface area contributed by atoms with Gasteiger partial charge in [-0.2, -0.15) is 0 Å². The van der Waals surface area contributed by atoms with Gasteiger partial charge < -0.3 is 9.84 Å². The first-order valence-electron chi connectivity index (χ1n) is 6.21. The molecule has 2 nitrogen and oxygen atoms in total. The molecule has 1 aliphatic rings. The number of hydrogen-bond acceptors (Lipinski definition) is 2. The van der Waals surface area contributed by atoms with Gasteiger partial charge in [0, 0.05) is 13.0 Å². The van der Waals surface area contributed by atoms with Crippen molar-refractivity contribution in [3.63, 3.8) is 0 Å². The normalized spacial score (nSPS) is 22.4. The van der Waals surface area contributed by atoms with E-state index < -0.39 is 6.10 Å². The first-order chi connectivity index (χ1) is 8.16. The number of ether oxygens (including phenoxy) is 1. The molecule has 1 N–H and O–H groups in total. The summed E-state index contributed by atoms with van der Waals surface area (Å²) >= 11 is 0. The van der Waals surface area contributed by atoms with Crippen LogP contribution in [0.15, 0.2) is 18.2 Å². The topological polar surface area (TPSA) is 29.5 Å². The summed E-state index contributed by atoms with van der Waals surface area (Å²) in [6, 6.07) is 4.69. The molecule has 2 unspecified atom stereocenters. The van der Waals surface area contributed by atoms with Crippen LogP contribution in [0.4, 0.5) is 4.39 Å². The molecule has 0 bridgehead atoms. The van der Waals surface area contributed by atoms with Crippen molar-refractivity contribution >= 4 is 0 Å². The first-order valence-corrected chi connectivity index (χ1v) is 6.21. The van der Waals surface area contributed by atoms with E-state index in [0.29, 0.717) is 6.42 Å². The van der Waals surface area contributed by atoms with Gasteiger partial charge in [0.05, 0.1) is 12.2 Å². The summed E-state index contributed by atoms with van der Waals surface area (Å²) in [4.78, 5) is 0. The third-order valence-electron chi connectivity index (χ3n) is 3.38. The van der Waals surface area contributed by atoms with Crippen molar-refractivity contribution in [2.24, 2.45) is 0 Å². The minimum absolute atomic E-state index is 0.0618. The maximum absolute atomic E-state index is 13.0. The van der Waals surface area contributed by atoms with Crippen LogP contribution in [0.2, 0.25) is 0 Å². The summed E-state index contributed by atoms with van der Waals surface area (Å²) in [7, 11) is 0. The zero-order chi connectivity index (χ0) is 12.3. The Morgan fingerprint density at radius 3 is 2.94 bits per heavy atom. The molecular weight excluding hydrogens is 219 g/mol. The molecule has 0 saturated carbocycles. The summed E-state index contributed by atoms with van der Waals surface area (Å²) in [6.45, 7) is 2.61. The van der Waals surface area contributed by atoms with Crippen molar-refractivity contribution in [1.82, 2.24) is 0 Å². The Morgan fingerprint density at radius 1 is 1.47 bits per heavy atom. The lowest BCUT2D eigenvalue weighted by atomic mass is 9.96. The molecule has 1 fully saturated rings. The van der Waals surface area contributed by atoms with Gasteiger partial charge >= 0.3 is 0 Å². The van der Waals surface area contributed by atoms with Gasteiger partial charge in [0.15, 0.2) is 0 Å². The summed E-state index contributed by atoms with van der Waals surface area (Å²) in [5, 5.41) is 10.1. The summed E-state index contributed by atoms with van der Waals surface area (Å²) in [5.74, 6) is -0.227. The van der Waals surface area contributed by atoms with E-state index in [9.17, 15) is 9.50 Å². The lowest BCUT2D eigenvalue weighted by Crippen LogP contribution is -2.33. The Balaban J connectivity index is 1.99. The van der Waals surface area contributed by atoms with Gasteiger partial charge in [-0.25, -0.2) is 4.39 Å². The summed E-state index contributed by atoms with van der Waals surface area (Å²) in [5.41, 5.74) is 1.88. The van der Waals surface area contributed by atoms with Crippen LogP contribution in [0, 0.1) is 12.7 Å². The van der Waals surface area contributed by atoms with Crippen LogP contribution in [0.3, 0.4) is 0 Å². The number of aryl methyl sites for hydroxylation is 1. The van der Waals surface area contributed by atoms with E-state index in [4.69, 9.17) is 4.74 Å². The molecule has 0 radical (unpaired) electrons. The molecule has 1 heterocycles. The molecule has 2 rings (SSSR count). The van der Waals surface area contributed by atoms with E-state index in [0.717, 1.165) is 37.0 Å². The maximum atomic E-state index is 13.0. The fourth-order valence-electron chi connectivity index (χ4n) is 2.31. The minimum Gasteiger partial charge on any atom is -0.390 e. The van der Waals surface area contributed by atoms with E-state index in [1.165, 1.54) is 12.1 Å². The Hall–Kier alpha value is -0.930. The average Bonchev–Trinajstić information content (AvgIpc) is 2.34. The van der Waals surface area contributed by atoms with Crippen molar-refractivity contribution in [1.29, 1.82) is 0 Å².